The molecule has 5 heterocycles. The molecular weight excluding hydrogens is 1090 g/mol. The van der Waals surface area contributed by atoms with E-state index >= 15 is 0 Å². The number of nitrogens with one attached hydrogen (secondary N) is 2. The van der Waals surface area contributed by atoms with E-state index in [-0.39, 0.29) is 5.97 Å². The van der Waals surface area contributed by atoms with Crippen molar-refractivity contribution in [3.63, 3.8) is 0 Å². The molecule has 0 saturated heterocycles. The smallest absolute Gasteiger partial charge is 0.337 e. The molecule has 2 atom stereocenters. The second-order valence-corrected chi connectivity index (χ2v) is 24.4. The summed E-state index contributed by atoms with van der Waals surface area (Å²) >= 11 is 0. The van der Waals surface area contributed by atoms with Crippen molar-refractivity contribution < 1.29 is 19.0 Å². The maximum Gasteiger partial charge on any atom is 0.337 e. The van der Waals surface area contributed by atoms with Crippen LogP contribution in [0.4, 0.5) is 17.1 Å². The number of esters is 1. The van der Waals surface area contributed by atoms with Crippen molar-refractivity contribution in [3.05, 3.63) is 207 Å². The second-order valence-electron chi connectivity index (χ2n) is 24.4. The maximum absolute atomic E-state index is 12.8. The summed E-state index contributed by atoms with van der Waals surface area (Å²) in [6.07, 6.45) is 18.0. The van der Waals surface area contributed by atoms with E-state index in [1.807, 2.05) is 24.3 Å². The van der Waals surface area contributed by atoms with Gasteiger partial charge in [0.1, 0.15) is 11.5 Å². The van der Waals surface area contributed by atoms with Crippen molar-refractivity contribution in [2.75, 3.05) is 25.2 Å². The van der Waals surface area contributed by atoms with Gasteiger partial charge in [-0.25, -0.2) is 14.8 Å². The topological polar surface area (TPSA) is 105 Å². The maximum atomic E-state index is 12.8. The van der Waals surface area contributed by atoms with Gasteiger partial charge in [0.2, 0.25) is 0 Å². The van der Waals surface area contributed by atoms with Gasteiger partial charge in [-0.3, -0.25) is 0 Å². The molecule has 89 heavy (non-hydrogen) atoms. The Morgan fingerprint density at radius 1 is 0.438 bits per heavy atom. The molecular formula is C80H85N5O4. The largest absolute Gasteiger partial charge is 0.493 e. The monoisotopic (exact) mass is 1180 g/mol. The Morgan fingerprint density at radius 3 is 1.12 bits per heavy atom. The lowest BCUT2D eigenvalue weighted by molar-refractivity contribution is 0.0600. The normalized spacial score (nSPS) is 12.5. The van der Waals surface area contributed by atoms with Crippen LogP contribution in [0.3, 0.4) is 0 Å². The summed E-state index contributed by atoms with van der Waals surface area (Å²) in [6.45, 7) is 23.5. The zero-order chi connectivity index (χ0) is 62.3. The predicted molar refractivity (Wildman–Crippen MR) is 373 cm³/mol. The first-order valence-corrected chi connectivity index (χ1v) is 32.1. The fourth-order valence-electron chi connectivity index (χ4n) is 13.2. The van der Waals surface area contributed by atoms with Crippen LogP contribution in [-0.4, -0.2) is 46.2 Å². The molecule has 11 rings (SSSR count). The highest BCUT2D eigenvalue weighted by atomic mass is 16.5. The van der Waals surface area contributed by atoms with E-state index in [2.05, 4.69) is 230 Å². The van der Waals surface area contributed by atoms with E-state index in [1.54, 1.807) is 0 Å². The number of hydrogen-bond donors (Lipinski definition) is 2. The van der Waals surface area contributed by atoms with Gasteiger partial charge >= 0.3 is 5.97 Å². The van der Waals surface area contributed by atoms with Gasteiger partial charge in [0.25, 0.3) is 0 Å². The number of carbonyl (C=O) groups is 1. The average Bonchev–Trinajstić information content (AvgIpc) is 1.76. The Labute approximate surface area is 526 Å². The van der Waals surface area contributed by atoms with Gasteiger partial charge in [-0.2, -0.15) is 0 Å². The van der Waals surface area contributed by atoms with Crippen LogP contribution in [0, 0.1) is 53.4 Å². The Kier molecular flexibility index (Phi) is 18.9. The van der Waals surface area contributed by atoms with Gasteiger partial charge < -0.3 is 29.1 Å². The fourth-order valence-corrected chi connectivity index (χ4v) is 13.2. The van der Waals surface area contributed by atoms with E-state index in [4.69, 9.17) is 24.2 Å². The number of methoxy groups -OCH3 is 1. The van der Waals surface area contributed by atoms with Crippen molar-refractivity contribution in [3.8, 4) is 56.0 Å². The highest BCUT2D eigenvalue weighted by Crippen LogP contribution is 2.43. The minimum Gasteiger partial charge on any atom is -0.493 e. The second kappa shape index (κ2) is 27.5. The van der Waals surface area contributed by atoms with Crippen LogP contribution >= 0.6 is 0 Å². The third-order valence-electron chi connectivity index (χ3n) is 17.9. The number of carbonyl (C=O) groups excluding carboxylic acids is 1. The highest BCUT2D eigenvalue weighted by molar-refractivity contribution is 6.01. The SMILES string of the molecule is CCCCC(CC)COc1ccc(N(c2ccc(OCC(CC)CCCC)cc2)c2ccc(-c3c4nc(c(-c5c(C)cc(C)cc5C)c5ccc([nH]5)c(-c5ccc(C(=O)OC)cc5)c5nc(c(-c6c(C)cc(C)cc6C)c6ccc3[nH]6)C=C5)C=C4)cc2)cc1. The summed E-state index contributed by atoms with van der Waals surface area (Å²) in [5, 5.41) is 0. The van der Waals surface area contributed by atoms with Crippen LogP contribution in [0.15, 0.2) is 146 Å². The summed E-state index contributed by atoms with van der Waals surface area (Å²) in [4.78, 5) is 34.3. The van der Waals surface area contributed by atoms with Gasteiger partial charge in [0, 0.05) is 61.4 Å². The van der Waals surface area contributed by atoms with E-state index in [0.717, 1.165) is 153 Å². The van der Waals surface area contributed by atoms with Crippen molar-refractivity contribution in [2.45, 2.75) is 121 Å². The molecule has 454 valence electrons. The van der Waals surface area contributed by atoms with Gasteiger partial charge in [-0.05, 0) is 232 Å². The van der Waals surface area contributed by atoms with Crippen molar-refractivity contribution in [1.82, 2.24) is 19.9 Å². The van der Waals surface area contributed by atoms with Gasteiger partial charge in [-0.15, -0.1) is 0 Å². The minimum absolute atomic E-state index is 0.389. The van der Waals surface area contributed by atoms with Crippen molar-refractivity contribution in [2.24, 2.45) is 11.8 Å². The number of H-pyrrole nitrogens is 2. The lowest BCUT2D eigenvalue weighted by Gasteiger charge is -2.26. The van der Waals surface area contributed by atoms with Gasteiger partial charge in [0.05, 0.1) is 48.7 Å². The molecule has 0 spiro atoms. The molecule has 0 aliphatic carbocycles. The highest BCUT2D eigenvalue weighted by Gasteiger charge is 2.23. The number of fused-ring (bicyclic) bond motifs is 8. The summed E-state index contributed by atoms with van der Waals surface area (Å²) in [6, 6.07) is 51.3. The van der Waals surface area contributed by atoms with E-state index in [1.165, 1.54) is 56.8 Å². The molecule has 2 aliphatic heterocycles. The van der Waals surface area contributed by atoms with Crippen LogP contribution in [0.1, 0.15) is 146 Å². The molecule has 0 radical (unpaired) electrons. The number of anilines is 3. The lowest BCUT2D eigenvalue weighted by atomic mass is 9.92. The first-order valence-electron chi connectivity index (χ1n) is 32.1. The molecule has 2 unspecified atom stereocenters. The standard InChI is InChI=1S/C80H85N5O4/c1-12-16-18-56(14-3)48-88-64-32-28-62(29-33-64)85(63-30-34-65(35-31-63)89-49-57(15-4)19-17-13-2)61-26-24-59(25-27-61)77-68-38-42-72(83-68)78(74-52(7)44-50(5)45-53(74)8)70-40-36-66(81-70)76(58-20-22-60(23-21-58)80(86)87-11)67-37-41-71(82-67)79(73-43-39-69(77)84-73)75-54(9)46-51(6)47-55(75)10/h20-47,56-57,81,84H,12-19,48-49H2,1-11H3. The average molecular weight is 1180 g/mol. The summed E-state index contributed by atoms with van der Waals surface area (Å²) in [5.41, 5.74) is 25.5. The predicted octanol–water partition coefficient (Wildman–Crippen LogP) is 21.6. The first-order chi connectivity index (χ1) is 43.2. The zero-order valence-electron chi connectivity index (χ0n) is 53.9. The first kappa shape index (κ1) is 61.4. The van der Waals surface area contributed by atoms with Crippen LogP contribution in [0.5, 0.6) is 11.5 Å². The number of unbranched alkanes of at least 4 members (excludes halogenated alkanes) is 2. The number of ether oxygens (including phenoxy) is 3. The van der Waals surface area contributed by atoms with Crippen LogP contribution < -0.4 is 14.4 Å². The van der Waals surface area contributed by atoms with Crippen LogP contribution in [-0.2, 0) is 4.74 Å². The van der Waals surface area contributed by atoms with Crippen molar-refractivity contribution >= 4 is 69.4 Å². The summed E-state index contributed by atoms with van der Waals surface area (Å²) in [5.74, 6) is 2.43. The van der Waals surface area contributed by atoms with Gasteiger partial charge in [-0.1, -0.05) is 126 Å². The number of aryl methyl sites for hydroxylation is 6. The van der Waals surface area contributed by atoms with E-state index < -0.39 is 0 Å². The Bertz CT molecular complexity index is 4100. The molecule has 3 aromatic heterocycles. The summed E-state index contributed by atoms with van der Waals surface area (Å²) < 4.78 is 18.0. The van der Waals surface area contributed by atoms with Gasteiger partial charge in [0.15, 0.2) is 0 Å². The molecule has 8 bridgehead atoms. The van der Waals surface area contributed by atoms with E-state index in [9.17, 15) is 4.79 Å². The number of aromatic nitrogens is 4. The molecule has 6 aromatic carbocycles. The zero-order valence-corrected chi connectivity index (χ0v) is 53.9. The minimum atomic E-state index is -0.389. The number of rotatable bonds is 22. The molecule has 0 fully saturated rings. The summed E-state index contributed by atoms with van der Waals surface area (Å²) in [7, 11) is 1.41. The van der Waals surface area contributed by atoms with Crippen LogP contribution in [0.25, 0.3) is 90.9 Å². The Morgan fingerprint density at radius 2 is 0.775 bits per heavy atom. The Hall–Kier alpha value is -9.21. The molecule has 2 N–H and O–H groups in total. The number of hydrogen-bond acceptors (Lipinski definition) is 7. The molecule has 0 saturated carbocycles. The third-order valence-corrected chi connectivity index (χ3v) is 17.9. The molecule has 2 aliphatic rings. The molecule has 9 heteroatoms. The quantitative estimate of drug-likeness (QED) is 0.0651. The number of nitrogens with zero attached hydrogens (tertiary/aromatic N) is 3. The number of benzene rings is 6. The third kappa shape index (κ3) is 13.3. The molecule has 9 nitrogen and oxygen atoms in total. The van der Waals surface area contributed by atoms with E-state index in [0.29, 0.717) is 30.6 Å². The van der Waals surface area contributed by atoms with Crippen LogP contribution in [0.2, 0.25) is 0 Å². The lowest BCUT2D eigenvalue weighted by Crippen LogP contribution is -2.12. The fraction of sp³-hybridized carbons (Fsp3) is 0.287. The molecule has 0 amide bonds. The Balaban J connectivity index is 1.12. The van der Waals surface area contributed by atoms with Crippen molar-refractivity contribution in [1.29, 1.82) is 0 Å². The molecule has 9 aromatic rings. The number of aromatic amines is 2.